The Bertz CT molecular complexity index is 3950. The van der Waals surface area contributed by atoms with Gasteiger partial charge in [-0.15, -0.1) is 0 Å². The SMILES string of the molecule is c1nc2c(c3c4c5c6c(c7c8c9c(ncc8n(c13)c47)C1CC3CC(C1)CC9C3)CCc1c-6c(c3c4c6c(ncc4n4c7cnc8c(c7c1c34)C1CC3CC(CC8C3)C1)C1CC3CC(C1)CC6C3)CC5)C1CC3CC(CC2C3)C1. The zero-order valence-electron chi connectivity index (χ0n) is 45.2. The molecule has 0 saturated heterocycles. The van der Waals surface area contributed by atoms with Crippen LogP contribution < -0.4 is 0 Å². The highest BCUT2D eigenvalue weighted by molar-refractivity contribution is 6.32. The van der Waals surface area contributed by atoms with E-state index >= 15 is 0 Å². The van der Waals surface area contributed by atoms with Gasteiger partial charge in [0.15, 0.2) is 0 Å². The molecule has 0 amide bonds. The van der Waals surface area contributed by atoms with Gasteiger partial charge in [0.05, 0.1) is 57.9 Å². The first-order valence-corrected chi connectivity index (χ1v) is 32.7. The summed E-state index contributed by atoms with van der Waals surface area (Å²) in [6.45, 7) is 0. The molecule has 78 heavy (non-hydrogen) atoms. The Morgan fingerprint density at radius 1 is 0.256 bits per heavy atom. The lowest BCUT2D eigenvalue weighted by atomic mass is 9.66. The number of rotatable bonds is 0. The lowest BCUT2D eigenvalue weighted by Gasteiger charge is -2.38. The Balaban J connectivity index is 0.904. The summed E-state index contributed by atoms with van der Waals surface area (Å²) in [4.78, 5) is 23.1. The van der Waals surface area contributed by atoms with Crippen LogP contribution in [0.2, 0.25) is 0 Å². The number of pyridine rings is 4. The van der Waals surface area contributed by atoms with Gasteiger partial charge in [0.1, 0.15) is 0 Å². The average molecular weight is 1020 g/mol. The maximum absolute atomic E-state index is 5.77. The normalized spacial score (nSPS) is 37.3. The molecule has 18 aliphatic rings. The number of aryl methyl sites for hydroxylation is 4. The minimum absolute atomic E-state index is 0.623. The van der Waals surface area contributed by atoms with Crippen molar-refractivity contribution in [3.8, 4) is 11.1 Å². The van der Waals surface area contributed by atoms with Crippen molar-refractivity contribution in [1.29, 1.82) is 0 Å². The summed E-state index contributed by atoms with van der Waals surface area (Å²) in [5.41, 5.74) is 32.1. The van der Waals surface area contributed by atoms with Crippen molar-refractivity contribution in [2.45, 2.75) is 201 Å². The van der Waals surface area contributed by atoms with Crippen molar-refractivity contribution in [1.82, 2.24) is 28.7 Å². The van der Waals surface area contributed by atoms with Gasteiger partial charge in [-0.3, -0.25) is 19.9 Å². The number of benzene rings is 2. The molecule has 6 nitrogen and oxygen atoms in total. The number of fused-ring (bicyclic) bond motifs is 16. The summed E-state index contributed by atoms with van der Waals surface area (Å²) < 4.78 is 5.68. The van der Waals surface area contributed by atoms with E-state index < -0.39 is 0 Å². The van der Waals surface area contributed by atoms with Gasteiger partial charge in [0.2, 0.25) is 0 Å². The van der Waals surface area contributed by atoms with E-state index in [4.69, 9.17) is 19.9 Å². The molecular weight excluding hydrogens is 949 g/mol. The van der Waals surface area contributed by atoms with E-state index in [-0.39, 0.29) is 0 Å². The van der Waals surface area contributed by atoms with E-state index in [0.29, 0.717) is 47.3 Å². The molecule has 8 atom stereocenters. The molecule has 10 aromatic rings. The molecule has 16 bridgehead atoms. The molecule has 28 rings (SSSR count). The summed E-state index contributed by atoms with van der Waals surface area (Å²) in [5, 5.41) is 13.2. The third-order valence-corrected chi connectivity index (χ3v) is 27.5. The minimum Gasteiger partial charge on any atom is -0.305 e. The zero-order chi connectivity index (χ0) is 49.2. The van der Waals surface area contributed by atoms with Gasteiger partial charge in [-0.1, -0.05) is 0 Å². The molecule has 0 spiro atoms. The smallest absolute Gasteiger partial charge is 0.0728 e. The van der Waals surface area contributed by atoms with Gasteiger partial charge in [0.25, 0.3) is 0 Å². The predicted molar refractivity (Wildman–Crippen MR) is 309 cm³/mol. The van der Waals surface area contributed by atoms with Crippen molar-refractivity contribution >= 4 is 76.2 Å². The van der Waals surface area contributed by atoms with Crippen molar-refractivity contribution in [2.75, 3.05) is 0 Å². The van der Waals surface area contributed by atoms with Gasteiger partial charge in [-0.25, -0.2) is 0 Å². The van der Waals surface area contributed by atoms with Crippen LogP contribution in [0.5, 0.6) is 0 Å². The van der Waals surface area contributed by atoms with E-state index in [0.717, 1.165) is 73.0 Å². The lowest BCUT2D eigenvalue weighted by Crippen LogP contribution is -2.25. The van der Waals surface area contributed by atoms with Crippen molar-refractivity contribution in [2.24, 2.45) is 47.3 Å². The van der Waals surface area contributed by atoms with Crippen LogP contribution in [-0.2, 0) is 25.7 Å². The third-order valence-electron chi connectivity index (χ3n) is 27.5. The van der Waals surface area contributed by atoms with Gasteiger partial charge in [-0.05, 0) is 281 Å². The molecule has 2 aromatic carbocycles. The van der Waals surface area contributed by atoms with Crippen molar-refractivity contribution in [3.63, 3.8) is 0 Å². The summed E-state index contributed by atoms with van der Waals surface area (Å²) in [7, 11) is 0. The average Bonchev–Trinajstić information content (AvgIpc) is 3.23. The van der Waals surface area contributed by atoms with Crippen LogP contribution in [-0.4, -0.2) is 28.7 Å². The summed E-state index contributed by atoms with van der Waals surface area (Å²) in [6, 6.07) is 0. The third kappa shape index (κ3) is 4.48. The number of hydrogen-bond donors (Lipinski definition) is 0. The largest absolute Gasteiger partial charge is 0.305 e. The molecule has 18 aliphatic carbocycles. The maximum atomic E-state index is 5.77. The standard InChI is InChI=1S/C72H68N6/c1-2-46-58-48(62-66-52(28-76-70-44-23-35-8-36(24-44)16-40(15-35)56(66)70)78-50-26-74-68-42-19-31-6-32(20-42)12-38(11-31)54(68)64(50)60(46)72(62)78)4-3-47-57(58)45(1)59-63-49(25-73-67-41-17-29-5-30(18-41)10-37(9-29)53(63)67)77-51-27-75-69-43-21-33-7-34(22-43)14-39(13-33)55(69)65(51)61(47)71(59)77/h25-44H,1-24H2. The highest BCUT2D eigenvalue weighted by atomic mass is 15.0. The summed E-state index contributed by atoms with van der Waals surface area (Å²) in [6.07, 6.45) is 42.0. The van der Waals surface area contributed by atoms with Gasteiger partial charge >= 0.3 is 0 Å². The zero-order valence-corrected chi connectivity index (χ0v) is 45.2. The lowest BCUT2D eigenvalue weighted by molar-refractivity contribution is 0.165. The van der Waals surface area contributed by atoms with Crippen LogP contribution in [0.3, 0.4) is 0 Å². The Kier molecular flexibility index (Phi) is 6.89. The topological polar surface area (TPSA) is 60.4 Å². The Morgan fingerprint density at radius 3 is 0.705 bits per heavy atom. The van der Waals surface area contributed by atoms with E-state index in [1.165, 1.54) is 173 Å². The van der Waals surface area contributed by atoms with E-state index in [2.05, 4.69) is 33.6 Å². The Morgan fingerprint density at radius 2 is 0.474 bits per heavy atom. The first-order valence-electron chi connectivity index (χ1n) is 32.7. The highest BCUT2D eigenvalue weighted by Crippen LogP contribution is 2.66. The molecule has 8 unspecified atom stereocenters. The number of nitrogens with zero attached hydrogens (tertiary/aromatic N) is 6. The fourth-order valence-corrected chi connectivity index (χ4v) is 26.1. The Hall–Kier alpha value is -5.36. The van der Waals surface area contributed by atoms with Crippen LogP contribution >= 0.6 is 0 Å². The van der Waals surface area contributed by atoms with Crippen molar-refractivity contribution < 1.29 is 0 Å². The molecule has 8 saturated carbocycles. The van der Waals surface area contributed by atoms with Gasteiger partial charge < -0.3 is 8.80 Å². The van der Waals surface area contributed by atoms with E-state index in [9.17, 15) is 0 Å². The van der Waals surface area contributed by atoms with Crippen LogP contribution in [0.15, 0.2) is 24.8 Å². The second kappa shape index (κ2) is 13.2. The quantitative estimate of drug-likeness (QED) is 0.152. The summed E-state index contributed by atoms with van der Waals surface area (Å²) >= 11 is 0. The fraction of sp³-hybridized carbons (Fsp3) is 0.556. The van der Waals surface area contributed by atoms with E-state index in [1.54, 1.807) is 110 Å². The molecule has 8 aromatic heterocycles. The minimum atomic E-state index is 0.623. The fourth-order valence-electron chi connectivity index (χ4n) is 26.1. The highest BCUT2D eigenvalue weighted by Gasteiger charge is 2.51. The Labute approximate surface area is 454 Å². The van der Waals surface area contributed by atoms with E-state index in [1.807, 2.05) is 0 Å². The second-order valence-corrected chi connectivity index (χ2v) is 31.0. The molecule has 8 heterocycles. The molecule has 6 heteroatoms. The van der Waals surface area contributed by atoms with Crippen LogP contribution in [0.1, 0.15) is 243 Å². The molecule has 0 aliphatic heterocycles. The van der Waals surface area contributed by atoms with Gasteiger partial charge in [-0.2, -0.15) is 0 Å². The first kappa shape index (κ1) is 40.8. The first-order chi connectivity index (χ1) is 38.6. The molecule has 386 valence electrons. The number of aromatic nitrogens is 6. The monoisotopic (exact) mass is 1020 g/mol. The molecule has 0 radical (unpaired) electrons. The van der Waals surface area contributed by atoms with Crippen LogP contribution in [0, 0.1) is 47.3 Å². The van der Waals surface area contributed by atoms with Crippen molar-refractivity contribution in [3.05, 3.63) is 92.1 Å². The predicted octanol–water partition coefficient (Wildman–Crippen LogP) is 17.0. The molecule has 0 N–H and O–H groups in total. The number of hydrogen-bond acceptors (Lipinski definition) is 4. The van der Waals surface area contributed by atoms with Gasteiger partial charge in [0, 0.05) is 89.5 Å². The molecule has 8 fully saturated rings. The summed E-state index contributed by atoms with van der Waals surface area (Å²) in [5.74, 6) is 12.0. The molecular formula is C72H68N6. The van der Waals surface area contributed by atoms with Crippen LogP contribution in [0.4, 0.5) is 0 Å². The maximum Gasteiger partial charge on any atom is 0.0728 e. The second-order valence-electron chi connectivity index (χ2n) is 31.0. The van der Waals surface area contributed by atoms with Crippen LogP contribution in [0.25, 0.3) is 87.3 Å².